The predicted molar refractivity (Wildman–Crippen MR) is 106 cm³/mol. The SMILES string of the molecule is COC(=O)C1=C(C)NC(C)=C(C(=O)OCC(C)C)C1C1=CCN(C(=O)OC)C=C1. The number of methoxy groups -OCH3 is 2. The first-order valence-corrected chi connectivity index (χ1v) is 9.38. The summed E-state index contributed by atoms with van der Waals surface area (Å²) in [6, 6.07) is 0. The van der Waals surface area contributed by atoms with Crippen molar-refractivity contribution in [3.8, 4) is 0 Å². The number of dihydropyridines is 1. The molecule has 2 heterocycles. The van der Waals surface area contributed by atoms with Gasteiger partial charge in [-0.1, -0.05) is 19.9 Å². The van der Waals surface area contributed by atoms with Crippen molar-refractivity contribution in [1.29, 1.82) is 0 Å². The van der Waals surface area contributed by atoms with Gasteiger partial charge in [-0.2, -0.15) is 0 Å². The van der Waals surface area contributed by atoms with Crippen molar-refractivity contribution in [2.24, 2.45) is 11.8 Å². The highest BCUT2D eigenvalue weighted by molar-refractivity contribution is 5.99. The lowest BCUT2D eigenvalue weighted by Crippen LogP contribution is -2.35. The molecule has 2 aliphatic rings. The second-order valence-electron chi connectivity index (χ2n) is 7.26. The van der Waals surface area contributed by atoms with E-state index in [2.05, 4.69) is 5.32 Å². The van der Waals surface area contributed by atoms with E-state index in [1.165, 1.54) is 19.1 Å². The third kappa shape index (κ3) is 4.88. The molecule has 1 unspecified atom stereocenters. The molecule has 0 spiro atoms. The summed E-state index contributed by atoms with van der Waals surface area (Å²) < 4.78 is 15.2. The molecule has 0 saturated heterocycles. The van der Waals surface area contributed by atoms with E-state index in [0.29, 0.717) is 28.1 Å². The maximum Gasteiger partial charge on any atom is 0.413 e. The lowest BCUT2D eigenvalue weighted by atomic mass is 9.79. The normalized spacial score (nSPS) is 19.1. The fraction of sp³-hybridized carbons (Fsp3) is 0.476. The Bertz CT molecular complexity index is 819. The average Bonchev–Trinajstić information content (AvgIpc) is 2.70. The molecule has 2 aliphatic heterocycles. The largest absolute Gasteiger partial charge is 0.466 e. The monoisotopic (exact) mass is 404 g/mol. The van der Waals surface area contributed by atoms with Gasteiger partial charge < -0.3 is 19.5 Å². The molecule has 8 heteroatoms. The summed E-state index contributed by atoms with van der Waals surface area (Å²) in [5, 5.41) is 3.09. The second kappa shape index (κ2) is 9.45. The molecule has 29 heavy (non-hydrogen) atoms. The fourth-order valence-electron chi connectivity index (χ4n) is 3.27. The lowest BCUT2D eigenvalue weighted by molar-refractivity contribution is -0.140. The molecule has 158 valence electrons. The first-order valence-electron chi connectivity index (χ1n) is 9.38. The highest BCUT2D eigenvalue weighted by Crippen LogP contribution is 2.38. The van der Waals surface area contributed by atoms with Gasteiger partial charge in [-0.3, -0.25) is 4.90 Å². The minimum absolute atomic E-state index is 0.176. The van der Waals surface area contributed by atoms with Gasteiger partial charge in [-0.25, -0.2) is 14.4 Å². The Balaban J connectivity index is 2.47. The molecule has 1 amide bonds. The van der Waals surface area contributed by atoms with Gasteiger partial charge in [0.25, 0.3) is 0 Å². The number of nitrogens with zero attached hydrogens (tertiary/aromatic N) is 1. The maximum atomic E-state index is 12.9. The molecule has 8 nitrogen and oxygen atoms in total. The van der Waals surface area contributed by atoms with Crippen molar-refractivity contribution in [2.45, 2.75) is 27.7 Å². The molecule has 1 N–H and O–H groups in total. The maximum absolute atomic E-state index is 12.9. The van der Waals surface area contributed by atoms with Gasteiger partial charge in [-0.05, 0) is 31.4 Å². The van der Waals surface area contributed by atoms with Gasteiger partial charge in [-0.15, -0.1) is 0 Å². The van der Waals surface area contributed by atoms with E-state index in [1.807, 2.05) is 13.8 Å². The summed E-state index contributed by atoms with van der Waals surface area (Å²) in [5.74, 6) is -1.52. The summed E-state index contributed by atoms with van der Waals surface area (Å²) in [6.45, 7) is 7.94. The molecule has 0 radical (unpaired) electrons. The van der Waals surface area contributed by atoms with Crippen LogP contribution in [0.4, 0.5) is 4.79 Å². The molecular formula is C21H28N2O6. The Labute approximate surface area is 170 Å². The molecule has 0 bridgehead atoms. The van der Waals surface area contributed by atoms with Crippen molar-refractivity contribution in [3.63, 3.8) is 0 Å². The van der Waals surface area contributed by atoms with Crippen molar-refractivity contribution in [1.82, 2.24) is 10.2 Å². The van der Waals surface area contributed by atoms with Gasteiger partial charge in [0, 0.05) is 24.1 Å². The van der Waals surface area contributed by atoms with Crippen LogP contribution in [0.3, 0.4) is 0 Å². The number of amides is 1. The Morgan fingerprint density at radius 1 is 1.10 bits per heavy atom. The number of esters is 2. The molecule has 0 aliphatic carbocycles. The number of allylic oxidation sites excluding steroid dienone is 4. The average molecular weight is 404 g/mol. The second-order valence-corrected chi connectivity index (χ2v) is 7.26. The van der Waals surface area contributed by atoms with E-state index >= 15 is 0 Å². The topological polar surface area (TPSA) is 94.2 Å². The Hall–Kier alpha value is -3.03. The number of carbonyl (C=O) groups is 3. The molecule has 0 aromatic heterocycles. The van der Waals surface area contributed by atoms with E-state index < -0.39 is 23.9 Å². The molecule has 0 saturated carbocycles. The Morgan fingerprint density at radius 3 is 2.21 bits per heavy atom. The van der Waals surface area contributed by atoms with Crippen LogP contribution < -0.4 is 5.32 Å². The quantitative estimate of drug-likeness (QED) is 0.556. The summed E-state index contributed by atoms with van der Waals surface area (Å²) in [4.78, 5) is 38.6. The van der Waals surface area contributed by atoms with E-state index in [4.69, 9.17) is 14.2 Å². The predicted octanol–water partition coefficient (Wildman–Crippen LogP) is 2.65. The van der Waals surface area contributed by atoms with E-state index in [0.717, 1.165) is 0 Å². The van der Waals surface area contributed by atoms with Crippen LogP contribution in [0.15, 0.2) is 46.5 Å². The summed E-state index contributed by atoms with van der Waals surface area (Å²) in [6.07, 6.45) is 4.55. The lowest BCUT2D eigenvalue weighted by Gasteiger charge is -2.32. The standard InChI is InChI=1S/C21H28N2O6/c1-12(2)11-29-20(25)17-14(4)22-13(3)16(19(24)27-5)18(17)15-7-9-23(10-8-15)21(26)28-6/h7-9,12,18,22H,10-11H2,1-6H3. The van der Waals surface area contributed by atoms with Crippen LogP contribution in [-0.4, -0.2) is 50.3 Å². The van der Waals surface area contributed by atoms with Crippen LogP contribution in [0.5, 0.6) is 0 Å². The minimum atomic E-state index is -0.667. The zero-order valence-electron chi connectivity index (χ0n) is 17.7. The van der Waals surface area contributed by atoms with Gasteiger partial charge in [0.1, 0.15) is 0 Å². The summed E-state index contributed by atoms with van der Waals surface area (Å²) in [7, 11) is 2.60. The Kier molecular flexibility index (Phi) is 7.25. The van der Waals surface area contributed by atoms with Crippen molar-refractivity contribution < 1.29 is 28.6 Å². The number of rotatable bonds is 5. The molecular weight excluding hydrogens is 376 g/mol. The van der Waals surface area contributed by atoms with E-state index in [-0.39, 0.29) is 19.1 Å². The molecule has 0 aromatic rings. The Morgan fingerprint density at radius 2 is 1.72 bits per heavy atom. The minimum Gasteiger partial charge on any atom is -0.466 e. The van der Waals surface area contributed by atoms with Crippen molar-refractivity contribution in [2.75, 3.05) is 27.4 Å². The highest BCUT2D eigenvalue weighted by Gasteiger charge is 2.38. The molecule has 2 rings (SSSR count). The zero-order valence-corrected chi connectivity index (χ0v) is 17.7. The van der Waals surface area contributed by atoms with Crippen LogP contribution >= 0.6 is 0 Å². The van der Waals surface area contributed by atoms with Gasteiger partial charge >= 0.3 is 18.0 Å². The molecule has 0 fully saturated rings. The van der Waals surface area contributed by atoms with E-state index in [1.54, 1.807) is 32.2 Å². The van der Waals surface area contributed by atoms with Crippen LogP contribution in [0, 0.1) is 11.8 Å². The third-order valence-electron chi connectivity index (χ3n) is 4.65. The molecule has 0 aromatic carbocycles. The third-order valence-corrected chi connectivity index (χ3v) is 4.65. The zero-order chi connectivity index (χ0) is 21.7. The number of hydrogen-bond acceptors (Lipinski definition) is 7. The van der Waals surface area contributed by atoms with Crippen molar-refractivity contribution >= 4 is 18.0 Å². The number of carbonyl (C=O) groups excluding carboxylic acids is 3. The number of nitrogens with one attached hydrogen (secondary N) is 1. The van der Waals surface area contributed by atoms with Crippen LogP contribution in [0.2, 0.25) is 0 Å². The van der Waals surface area contributed by atoms with Crippen LogP contribution in [0.25, 0.3) is 0 Å². The van der Waals surface area contributed by atoms with Crippen LogP contribution in [-0.2, 0) is 23.8 Å². The summed E-state index contributed by atoms with van der Waals surface area (Å²) >= 11 is 0. The fourth-order valence-corrected chi connectivity index (χ4v) is 3.27. The van der Waals surface area contributed by atoms with Gasteiger partial charge in [0.2, 0.25) is 0 Å². The molecule has 1 atom stereocenters. The first kappa shape index (κ1) is 22.3. The summed E-state index contributed by atoms with van der Waals surface area (Å²) in [5.41, 5.74) is 2.58. The highest BCUT2D eigenvalue weighted by atomic mass is 16.5. The van der Waals surface area contributed by atoms with Gasteiger partial charge in [0.15, 0.2) is 0 Å². The van der Waals surface area contributed by atoms with Crippen LogP contribution in [0.1, 0.15) is 27.7 Å². The number of hydrogen-bond donors (Lipinski definition) is 1. The van der Waals surface area contributed by atoms with Gasteiger partial charge in [0.05, 0.1) is 37.9 Å². The smallest absolute Gasteiger partial charge is 0.413 e. The van der Waals surface area contributed by atoms with E-state index in [9.17, 15) is 14.4 Å². The first-order chi connectivity index (χ1) is 13.7. The number of ether oxygens (including phenoxy) is 3. The van der Waals surface area contributed by atoms with Crippen molar-refractivity contribution in [3.05, 3.63) is 46.5 Å².